The summed E-state index contributed by atoms with van der Waals surface area (Å²) in [5.74, 6) is 0. The minimum atomic E-state index is 1.04. The average Bonchev–Trinajstić information content (AvgIpc) is 2.53. The molecule has 0 saturated heterocycles. The lowest BCUT2D eigenvalue weighted by Gasteiger charge is -1.96. The first kappa shape index (κ1) is 8.97. The van der Waals surface area contributed by atoms with E-state index in [-0.39, 0.29) is 0 Å². The maximum absolute atomic E-state index is 3.46. The van der Waals surface area contributed by atoms with Gasteiger partial charge >= 0.3 is 0 Å². The molecule has 2 heteroatoms. The van der Waals surface area contributed by atoms with Gasteiger partial charge in [-0.1, -0.05) is 30.3 Å². The van der Waals surface area contributed by atoms with E-state index in [1.165, 1.54) is 14.9 Å². The second-order valence-corrected chi connectivity index (χ2v) is 4.81. The Kier molecular flexibility index (Phi) is 2.81. The maximum Gasteiger partial charge on any atom is 0.0285 e. The summed E-state index contributed by atoms with van der Waals surface area (Å²) in [6.45, 7) is 0. The van der Waals surface area contributed by atoms with Crippen molar-refractivity contribution in [3.05, 3.63) is 56.7 Å². The second-order valence-electron chi connectivity index (χ2n) is 2.89. The van der Waals surface area contributed by atoms with Crippen LogP contribution in [0.3, 0.4) is 0 Å². The van der Waals surface area contributed by atoms with Gasteiger partial charge in [0.2, 0.25) is 0 Å². The third kappa shape index (κ3) is 2.42. The van der Waals surface area contributed by atoms with Crippen molar-refractivity contribution < 1.29 is 0 Å². The van der Waals surface area contributed by atoms with Gasteiger partial charge in [-0.05, 0) is 27.6 Å². The predicted octanol–water partition coefficient (Wildman–Crippen LogP) is 4.10. The average molecular weight is 253 g/mol. The summed E-state index contributed by atoms with van der Waals surface area (Å²) in [6, 6.07) is 12.7. The Morgan fingerprint density at radius 3 is 2.54 bits per heavy atom. The summed E-state index contributed by atoms with van der Waals surface area (Å²) in [6.07, 6.45) is 1.04. The lowest BCUT2D eigenvalue weighted by molar-refractivity contribution is 1.24. The molecule has 0 unspecified atom stereocenters. The fraction of sp³-hybridized carbons (Fsp3) is 0.0909. The first-order valence-electron chi connectivity index (χ1n) is 4.11. The van der Waals surface area contributed by atoms with Crippen molar-refractivity contribution in [2.45, 2.75) is 6.42 Å². The Morgan fingerprint density at radius 1 is 1.15 bits per heavy atom. The van der Waals surface area contributed by atoms with Gasteiger partial charge in [0.25, 0.3) is 0 Å². The normalized spacial score (nSPS) is 10.2. The molecule has 0 bridgehead atoms. The van der Waals surface area contributed by atoms with Gasteiger partial charge in [-0.25, -0.2) is 0 Å². The van der Waals surface area contributed by atoms with Gasteiger partial charge in [-0.3, -0.25) is 0 Å². The molecule has 0 aliphatic carbocycles. The lowest BCUT2D eigenvalue weighted by atomic mass is 10.1. The Bertz CT molecular complexity index is 378. The van der Waals surface area contributed by atoms with Gasteiger partial charge in [0.15, 0.2) is 0 Å². The van der Waals surface area contributed by atoms with E-state index in [1.54, 1.807) is 11.3 Å². The van der Waals surface area contributed by atoms with Gasteiger partial charge in [-0.15, -0.1) is 11.3 Å². The van der Waals surface area contributed by atoms with E-state index in [4.69, 9.17) is 0 Å². The number of rotatable bonds is 2. The van der Waals surface area contributed by atoms with Crippen LogP contribution in [0.15, 0.2) is 46.3 Å². The molecule has 0 amide bonds. The largest absolute Gasteiger partial charge is 0.147 e. The van der Waals surface area contributed by atoms with E-state index in [9.17, 15) is 0 Å². The predicted molar refractivity (Wildman–Crippen MR) is 61.3 cm³/mol. The van der Waals surface area contributed by atoms with E-state index < -0.39 is 0 Å². The van der Waals surface area contributed by atoms with Crippen molar-refractivity contribution in [3.63, 3.8) is 0 Å². The third-order valence-electron chi connectivity index (χ3n) is 1.84. The fourth-order valence-corrected chi connectivity index (χ4v) is 2.73. The Morgan fingerprint density at radius 2 is 1.92 bits per heavy atom. The number of hydrogen-bond donors (Lipinski definition) is 0. The van der Waals surface area contributed by atoms with Gasteiger partial charge < -0.3 is 0 Å². The number of hydrogen-bond acceptors (Lipinski definition) is 1. The van der Waals surface area contributed by atoms with Crippen molar-refractivity contribution in [2.24, 2.45) is 0 Å². The van der Waals surface area contributed by atoms with Gasteiger partial charge in [0.1, 0.15) is 0 Å². The van der Waals surface area contributed by atoms with E-state index in [1.807, 2.05) is 6.07 Å². The molecule has 0 N–H and O–H groups in total. The summed E-state index contributed by atoms with van der Waals surface area (Å²) in [5, 5.41) is 2.12. The smallest absolute Gasteiger partial charge is 0.0285 e. The summed E-state index contributed by atoms with van der Waals surface area (Å²) in [4.78, 5) is 1.40. The lowest BCUT2D eigenvalue weighted by Crippen LogP contribution is -1.81. The van der Waals surface area contributed by atoms with Gasteiger partial charge in [-0.2, -0.15) is 0 Å². The molecule has 13 heavy (non-hydrogen) atoms. The molecule has 0 aliphatic rings. The van der Waals surface area contributed by atoms with Crippen LogP contribution in [0.5, 0.6) is 0 Å². The minimum absolute atomic E-state index is 1.04. The summed E-state index contributed by atoms with van der Waals surface area (Å²) in [5.41, 5.74) is 1.37. The molecule has 1 aromatic heterocycles. The first-order chi connectivity index (χ1) is 6.34. The highest BCUT2D eigenvalue weighted by Gasteiger charge is 1.98. The molecule has 0 spiro atoms. The van der Waals surface area contributed by atoms with Crippen LogP contribution < -0.4 is 0 Å². The molecule has 0 aliphatic heterocycles. The number of thiophene rings is 1. The van der Waals surface area contributed by atoms with Crippen LogP contribution in [-0.4, -0.2) is 0 Å². The molecule has 0 saturated carbocycles. The molecule has 0 fully saturated rings. The Labute approximate surface area is 90.4 Å². The van der Waals surface area contributed by atoms with Crippen molar-refractivity contribution >= 4 is 27.3 Å². The van der Waals surface area contributed by atoms with Crippen molar-refractivity contribution in [1.82, 2.24) is 0 Å². The summed E-state index contributed by atoms with van der Waals surface area (Å²) < 4.78 is 1.18. The first-order valence-corrected chi connectivity index (χ1v) is 5.79. The molecule has 2 aromatic rings. The highest BCUT2D eigenvalue weighted by atomic mass is 79.9. The van der Waals surface area contributed by atoms with E-state index in [0.29, 0.717) is 0 Å². The van der Waals surface area contributed by atoms with E-state index in [0.717, 1.165) is 6.42 Å². The molecular weight excluding hydrogens is 244 g/mol. The van der Waals surface area contributed by atoms with Crippen LogP contribution in [0.4, 0.5) is 0 Å². The SMILES string of the molecule is Brc1csc(Cc2ccccc2)c1. The summed E-state index contributed by atoms with van der Waals surface area (Å²) >= 11 is 5.25. The van der Waals surface area contributed by atoms with Crippen LogP contribution in [0.1, 0.15) is 10.4 Å². The highest BCUT2D eigenvalue weighted by molar-refractivity contribution is 9.10. The number of halogens is 1. The van der Waals surface area contributed by atoms with E-state index in [2.05, 4.69) is 51.6 Å². The van der Waals surface area contributed by atoms with E-state index >= 15 is 0 Å². The standard InChI is InChI=1S/C11H9BrS/c12-10-7-11(13-8-10)6-9-4-2-1-3-5-9/h1-5,7-8H,6H2. The molecular formula is C11H9BrS. The maximum atomic E-state index is 3.46. The molecule has 1 heterocycles. The highest BCUT2D eigenvalue weighted by Crippen LogP contribution is 2.22. The quantitative estimate of drug-likeness (QED) is 0.755. The van der Waals surface area contributed by atoms with Crippen molar-refractivity contribution in [1.29, 1.82) is 0 Å². The molecule has 0 atom stereocenters. The molecule has 0 radical (unpaired) electrons. The molecule has 66 valence electrons. The molecule has 1 aromatic carbocycles. The van der Waals surface area contributed by atoms with Gasteiger partial charge in [0.05, 0.1) is 0 Å². The van der Waals surface area contributed by atoms with Crippen LogP contribution in [-0.2, 0) is 6.42 Å². The zero-order chi connectivity index (χ0) is 9.10. The zero-order valence-electron chi connectivity index (χ0n) is 7.03. The van der Waals surface area contributed by atoms with Crippen molar-refractivity contribution in [3.8, 4) is 0 Å². The van der Waals surface area contributed by atoms with Crippen LogP contribution in [0.25, 0.3) is 0 Å². The Hall–Kier alpha value is -0.600. The van der Waals surface area contributed by atoms with Crippen molar-refractivity contribution in [2.75, 3.05) is 0 Å². The van der Waals surface area contributed by atoms with Crippen LogP contribution in [0, 0.1) is 0 Å². The third-order valence-corrected chi connectivity index (χ3v) is 3.54. The van der Waals surface area contributed by atoms with Crippen LogP contribution in [0.2, 0.25) is 0 Å². The monoisotopic (exact) mass is 252 g/mol. The Balaban J connectivity index is 2.15. The number of benzene rings is 1. The minimum Gasteiger partial charge on any atom is -0.147 e. The van der Waals surface area contributed by atoms with Crippen LogP contribution >= 0.6 is 27.3 Å². The fourth-order valence-electron chi connectivity index (χ4n) is 1.24. The topological polar surface area (TPSA) is 0 Å². The molecule has 0 nitrogen and oxygen atoms in total. The second kappa shape index (κ2) is 4.07. The zero-order valence-corrected chi connectivity index (χ0v) is 9.44. The summed E-state index contributed by atoms with van der Waals surface area (Å²) in [7, 11) is 0. The van der Waals surface area contributed by atoms with Gasteiger partial charge in [0, 0.05) is 21.2 Å². The molecule has 2 rings (SSSR count).